The van der Waals surface area contributed by atoms with Crippen LogP contribution in [0.15, 0.2) is 0 Å². The van der Waals surface area contributed by atoms with Crippen molar-refractivity contribution < 1.29 is 5.11 Å². The van der Waals surface area contributed by atoms with Crippen molar-refractivity contribution in [3.63, 3.8) is 0 Å². The van der Waals surface area contributed by atoms with Crippen LogP contribution in [-0.2, 0) is 0 Å². The molecular weight excluding hydrogens is 152 g/mol. The van der Waals surface area contributed by atoms with Crippen LogP contribution in [0.1, 0.15) is 19.8 Å². The SMILES string of the molecule is C[C@@H]1CC[C@@H](O)CN1C1CNC1. The van der Waals surface area contributed by atoms with E-state index in [1.165, 1.54) is 0 Å². The van der Waals surface area contributed by atoms with E-state index in [2.05, 4.69) is 17.1 Å². The molecule has 0 amide bonds. The smallest absolute Gasteiger partial charge is 0.0668 e. The number of hydrogen-bond donors (Lipinski definition) is 2. The van der Waals surface area contributed by atoms with Gasteiger partial charge in [-0.3, -0.25) is 4.90 Å². The Balaban J connectivity index is 1.91. The summed E-state index contributed by atoms with van der Waals surface area (Å²) in [6.45, 7) is 5.37. The molecule has 2 atom stereocenters. The number of piperidine rings is 1. The van der Waals surface area contributed by atoms with E-state index in [-0.39, 0.29) is 6.10 Å². The number of β-amino-alcohol motifs (C(OH)–C–C–N with tert-alkyl or cyclic N) is 1. The molecular formula is C9H18N2O. The molecule has 0 aliphatic carbocycles. The van der Waals surface area contributed by atoms with Gasteiger partial charge in [0.2, 0.25) is 0 Å². The maximum Gasteiger partial charge on any atom is 0.0668 e. The van der Waals surface area contributed by atoms with Crippen LogP contribution in [0.4, 0.5) is 0 Å². The first kappa shape index (κ1) is 8.48. The highest BCUT2D eigenvalue weighted by molar-refractivity contribution is 4.90. The van der Waals surface area contributed by atoms with Gasteiger partial charge in [-0.1, -0.05) is 0 Å². The third-order valence-corrected chi connectivity index (χ3v) is 3.13. The second kappa shape index (κ2) is 3.32. The molecule has 2 heterocycles. The number of likely N-dealkylation sites (tertiary alicyclic amines) is 1. The van der Waals surface area contributed by atoms with E-state index >= 15 is 0 Å². The highest BCUT2D eigenvalue weighted by Crippen LogP contribution is 2.20. The van der Waals surface area contributed by atoms with E-state index in [4.69, 9.17) is 0 Å². The molecule has 3 nitrogen and oxygen atoms in total. The van der Waals surface area contributed by atoms with Gasteiger partial charge in [-0.25, -0.2) is 0 Å². The van der Waals surface area contributed by atoms with Gasteiger partial charge in [-0.15, -0.1) is 0 Å². The predicted octanol–water partition coefficient (Wildman–Crippen LogP) is -0.197. The van der Waals surface area contributed by atoms with Crippen molar-refractivity contribution in [3.8, 4) is 0 Å². The Hall–Kier alpha value is -0.120. The van der Waals surface area contributed by atoms with E-state index in [1.54, 1.807) is 0 Å². The standard InChI is InChI=1S/C9H18N2O/c1-7-2-3-9(12)6-11(7)8-4-10-5-8/h7-10,12H,2-6H2,1H3/t7-,9-/m1/s1. The molecule has 2 saturated heterocycles. The summed E-state index contributed by atoms with van der Waals surface area (Å²) < 4.78 is 0. The van der Waals surface area contributed by atoms with Gasteiger partial charge in [-0.05, 0) is 19.8 Å². The first-order valence-corrected chi connectivity index (χ1v) is 4.92. The van der Waals surface area contributed by atoms with Gasteiger partial charge in [0, 0.05) is 31.7 Å². The molecule has 2 aliphatic rings. The van der Waals surface area contributed by atoms with Crippen LogP contribution in [0.3, 0.4) is 0 Å². The first-order chi connectivity index (χ1) is 5.77. The van der Waals surface area contributed by atoms with E-state index < -0.39 is 0 Å². The predicted molar refractivity (Wildman–Crippen MR) is 48.1 cm³/mol. The molecule has 70 valence electrons. The van der Waals surface area contributed by atoms with Crippen molar-refractivity contribution in [1.29, 1.82) is 0 Å². The third-order valence-electron chi connectivity index (χ3n) is 3.13. The number of nitrogens with one attached hydrogen (secondary N) is 1. The van der Waals surface area contributed by atoms with Crippen LogP contribution in [0.5, 0.6) is 0 Å². The van der Waals surface area contributed by atoms with Crippen molar-refractivity contribution in [2.24, 2.45) is 0 Å². The lowest BCUT2D eigenvalue weighted by atomic mass is 9.97. The Kier molecular flexibility index (Phi) is 2.35. The van der Waals surface area contributed by atoms with Gasteiger partial charge < -0.3 is 10.4 Å². The minimum Gasteiger partial charge on any atom is -0.392 e. The molecule has 0 bridgehead atoms. The lowest BCUT2D eigenvalue weighted by molar-refractivity contribution is 0.000748. The van der Waals surface area contributed by atoms with Crippen LogP contribution in [0, 0.1) is 0 Å². The molecule has 0 unspecified atom stereocenters. The quantitative estimate of drug-likeness (QED) is 0.572. The van der Waals surface area contributed by atoms with Crippen molar-refractivity contribution in [2.45, 2.75) is 38.0 Å². The van der Waals surface area contributed by atoms with Crippen molar-refractivity contribution in [2.75, 3.05) is 19.6 Å². The molecule has 2 aliphatic heterocycles. The Labute approximate surface area is 73.8 Å². The molecule has 0 radical (unpaired) electrons. The number of rotatable bonds is 1. The zero-order valence-electron chi connectivity index (χ0n) is 7.66. The Bertz CT molecular complexity index is 157. The summed E-state index contributed by atoms with van der Waals surface area (Å²) in [4.78, 5) is 2.45. The van der Waals surface area contributed by atoms with Crippen LogP contribution in [0.2, 0.25) is 0 Å². The molecule has 2 fully saturated rings. The topological polar surface area (TPSA) is 35.5 Å². The second-order valence-corrected chi connectivity index (χ2v) is 4.09. The first-order valence-electron chi connectivity index (χ1n) is 4.92. The highest BCUT2D eigenvalue weighted by atomic mass is 16.3. The fourth-order valence-corrected chi connectivity index (χ4v) is 2.13. The van der Waals surface area contributed by atoms with Gasteiger partial charge >= 0.3 is 0 Å². The second-order valence-electron chi connectivity index (χ2n) is 4.09. The van der Waals surface area contributed by atoms with Gasteiger partial charge in [0.1, 0.15) is 0 Å². The fraction of sp³-hybridized carbons (Fsp3) is 1.00. The minimum atomic E-state index is -0.0817. The van der Waals surface area contributed by atoms with Gasteiger partial charge in [0.15, 0.2) is 0 Å². The van der Waals surface area contributed by atoms with Crippen LogP contribution >= 0.6 is 0 Å². The van der Waals surface area contributed by atoms with Gasteiger partial charge in [0.05, 0.1) is 6.10 Å². The number of nitrogens with zero attached hydrogens (tertiary/aromatic N) is 1. The summed E-state index contributed by atoms with van der Waals surface area (Å²) in [6.07, 6.45) is 2.05. The molecule has 0 spiro atoms. The molecule has 0 saturated carbocycles. The van der Waals surface area contributed by atoms with Crippen molar-refractivity contribution in [1.82, 2.24) is 10.2 Å². The number of aliphatic hydroxyl groups is 1. The largest absolute Gasteiger partial charge is 0.392 e. The average Bonchev–Trinajstić information content (AvgIpc) is 1.93. The monoisotopic (exact) mass is 170 g/mol. The van der Waals surface area contributed by atoms with E-state index in [9.17, 15) is 5.11 Å². The zero-order valence-corrected chi connectivity index (χ0v) is 7.66. The lowest BCUT2D eigenvalue weighted by Gasteiger charge is -2.45. The summed E-state index contributed by atoms with van der Waals surface area (Å²) in [5.74, 6) is 0. The lowest BCUT2D eigenvalue weighted by Crippen LogP contribution is -2.62. The van der Waals surface area contributed by atoms with Crippen LogP contribution < -0.4 is 5.32 Å². The molecule has 12 heavy (non-hydrogen) atoms. The molecule has 3 heteroatoms. The average molecular weight is 170 g/mol. The zero-order chi connectivity index (χ0) is 8.55. The summed E-state index contributed by atoms with van der Waals surface area (Å²) in [5, 5.41) is 12.8. The van der Waals surface area contributed by atoms with Crippen LogP contribution in [-0.4, -0.2) is 47.8 Å². The molecule has 0 aromatic rings. The third kappa shape index (κ3) is 1.49. The number of aliphatic hydroxyl groups excluding tert-OH is 1. The summed E-state index contributed by atoms with van der Waals surface area (Å²) in [6, 6.07) is 1.36. The molecule has 0 aromatic heterocycles. The Morgan fingerprint density at radius 1 is 1.33 bits per heavy atom. The van der Waals surface area contributed by atoms with E-state index in [0.29, 0.717) is 12.1 Å². The maximum absolute atomic E-state index is 9.50. The Morgan fingerprint density at radius 2 is 2.08 bits per heavy atom. The molecule has 0 aromatic carbocycles. The normalized spacial score (nSPS) is 39.5. The van der Waals surface area contributed by atoms with Crippen molar-refractivity contribution >= 4 is 0 Å². The maximum atomic E-state index is 9.50. The minimum absolute atomic E-state index is 0.0817. The van der Waals surface area contributed by atoms with Crippen LogP contribution in [0.25, 0.3) is 0 Å². The van der Waals surface area contributed by atoms with E-state index in [1.807, 2.05) is 0 Å². The van der Waals surface area contributed by atoms with E-state index in [0.717, 1.165) is 32.5 Å². The summed E-state index contributed by atoms with van der Waals surface area (Å²) >= 11 is 0. The highest BCUT2D eigenvalue weighted by Gasteiger charge is 2.32. The summed E-state index contributed by atoms with van der Waals surface area (Å²) in [5.41, 5.74) is 0. The molecule has 2 N–H and O–H groups in total. The van der Waals surface area contributed by atoms with Crippen molar-refractivity contribution in [3.05, 3.63) is 0 Å². The molecule has 2 rings (SSSR count). The fourth-order valence-electron chi connectivity index (χ4n) is 2.13. The Morgan fingerprint density at radius 3 is 2.67 bits per heavy atom. The number of hydrogen-bond acceptors (Lipinski definition) is 3. The summed E-state index contributed by atoms with van der Waals surface area (Å²) in [7, 11) is 0. The van der Waals surface area contributed by atoms with Gasteiger partial charge in [0.25, 0.3) is 0 Å². The van der Waals surface area contributed by atoms with Gasteiger partial charge in [-0.2, -0.15) is 0 Å².